The third kappa shape index (κ3) is 4.17. The van der Waals surface area contributed by atoms with E-state index >= 15 is 0 Å². The Morgan fingerprint density at radius 3 is 2.57 bits per heavy atom. The van der Waals surface area contributed by atoms with E-state index in [1.807, 2.05) is 17.5 Å². The van der Waals surface area contributed by atoms with Crippen LogP contribution in [0.1, 0.15) is 29.9 Å². The average Bonchev–Trinajstić information content (AvgIpc) is 3.35. The molecule has 0 unspecified atom stereocenters. The van der Waals surface area contributed by atoms with E-state index in [1.165, 1.54) is 21.7 Å². The first-order chi connectivity index (χ1) is 13.4. The molecule has 0 spiro atoms. The summed E-state index contributed by atoms with van der Waals surface area (Å²) < 4.78 is 27.1. The maximum Gasteiger partial charge on any atom is 0.275 e. The maximum atomic E-state index is 12.9. The number of carbonyl (C=O) groups is 1. The zero-order valence-electron chi connectivity index (χ0n) is 15.8. The molecule has 0 fully saturated rings. The number of thiophene rings is 1. The van der Waals surface area contributed by atoms with Gasteiger partial charge in [0.2, 0.25) is 10.0 Å². The van der Waals surface area contributed by atoms with E-state index < -0.39 is 10.0 Å². The molecule has 9 heteroatoms. The van der Waals surface area contributed by atoms with E-state index in [4.69, 9.17) is 0 Å². The number of aryl methyl sites for hydroxylation is 1. The number of amides is 1. The number of thiazole rings is 1. The highest BCUT2D eigenvalue weighted by atomic mass is 32.2. The van der Waals surface area contributed by atoms with Gasteiger partial charge in [-0.1, -0.05) is 26.0 Å². The van der Waals surface area contributed by atoms with Gasteiger partial charge in [-0.15, -0.1) is 22.7 Å². The molecular formula is C19H21N3O3S3. The molecule has 0 saturated carbocycles. The summed E-state index contributed by atoms with van der Waals surface area (Å²) in [4.78, 5) is 18.2. The number of nitrogens with zero attached hydrogens (tertiary/aromatic N) is 2. The number of anilines is 1. The van der Waals surface area contributed by atoms with Crippen molar-refractivity contribution in [3.8, 4) is 9.88 Å². The Morgan fingerprint density at radius 2 is 1.93 bits per heavy atom. The van der Waals surface area contributed by atoms with Crippen molar-refractivity contribution in [3.05, 3.63) is 52.3 Å². The van der Waals surface area contributed by atoms with Crippen LogP contribution in [0.15, 0.2) is 46.0 Å². The third-order valence-electron chi connectivity index (χ3n) is 4.24. The molecule has 3 aromatic rings. The summed E-state index contributed by atoms with van der Waals surface area (Å²) in [5.41, 5.74) is 1.37. The Hall–Kier alpha value is -2.07. The van der Waals surface area contributed by atoms with Gasteiger partial charge in [0, 0.05) is 24.2 Å². The fourth-order valence-corrected chi connectivity index (χ4v) is 6.07. The van der Waals surface area contributed by atoms with Crippen LogP contribution in [-0.4, -0.2) is 36.7 Å². The van der Waals surface area contributed by atoms with E-state index in [0.717, 1.165) is 9.88 Å². The van der Waals surface area contributed by atoms with Crippen LogP contribution in [0.3, 0.4) is 0 Å². The van der Waals surface area contributed by atoms with Crippen molar-refractivity contribution in [3.63, 3.8) is 0 Å². The number of carbonyl (C=O) groups excluding carboxylic acids is 1. The van der Waals surface area contributed by atoms with E-state index in [1.54, 1.807) is 49.6 Å². The van der Waals surface area contributed by atoms with E-state index in [0.29, 0.717) is 30.0 Å². The zero-order chi connectivity index (χ0) is 20.3. The molecule has 0 radical (unpaired) electrons. The molecule has 1 aromatic carbocycles. The largest absolute Gasteiger partial charge is 0.321 e. The molecule has 0 aliphatic carbocycles. The summed E-state index contributed by atoms with van der Waals surface area (Å²) in [5, 5.41) is 7.20. The first-order valence-corrected chi connectivity index (χ1v) is 12.0. The normalized spacial score (nSPS) is 11.7. The lowest BCUT2D eigenvalue weighted by Gasteiger charge is -2.20. The van der Waals surface area contributed by atoms with Crippen molar-refractivity contribution in [1.82, 2.24) is 9.29 Å². The molecule has 2 heterocycles. The van der Waals surface area contributed by atoms with Gasteiger partial charge in [0.15, 0.2) is 0 Å². The molecule has 2 aromatic heterocycles. The monoisotopic (exact) mass is 435 g/mol. The Balaban J connectivity index is 1.84. The van der Waals surface area contributed by atoms with Crippen molar-refractivity contribution in [1.29, 1.82) is 0 Å². The van der Waals surface area contributed by atoms with Crippen molar-refractivity contribution in [2.45, 2.75) is 25.7 Å². The number of benzene rings is 1. The zero-order valence-corrected chi connectivity index (χ0v) is 18.2. The van der Waals surface area contributed by atoms with Crippen molar-refractivity contribution in [2.75, 3.05) is 18.4 Å². The highest BCUT2D eigenvalue weighted by Gasteiger charge is 2.24. The van der Waals surface area contributed by atoms with E-state index in [9.17, 15) is 13.2 Å². The van der Waals surface area contributed by atoms with Crippen molar-refractivity contribution >= 4 is 44.3 Å². The number of sulfonamides is 1. The highest BCUT2D eigenvalue weighted by molar-refractivity contribution is 7.89. The van der Waals surface area contributed by atoms with Crippen LogP contribution in [0.2, 0.25) is 0 Å². The highest BCUT2D eigenvalue weighted by Crippen LogP contribution is 2.28. The Morgan fingerprint density at radius 1 is 1.18 bits per heavy atom. The smallest absolute Gasteiger partial charge is 0.275 e. The summed E-state index contributed by atoms with van der Waals surface area (Å²) in [6.45, 7) is 6.12. The van der Waals surface area contributed by atoms with Gasteiger partial charge in [0.25, 0.3) is 5.91 Å². The first-order valence-electron chi connectivity index (χ1n) is 8.78. The molecule has 0 aliphatic rings. The SMILES string of the molecule is CCN(CC)S(=O)(=O)c1cc(NC(=O)c2csc(-c3cccs3)n2)ccc1C. The fourth-order valence-electron chi connectivity index (χ4n) is 2.74. The standard InChI is InChI=1S/C19H21N3O3S3/c1-4-22(5-2)28(24,25)17-11-14(9-8-13(17)3)20-18(23)15-12-27-19(21-15)16-7-6-10-26-16/h6-12H,4-5H2,1-3H3,(H,20,23). The van der Waals surface area contributed by atoms with E-state index in [2.05, 4.69) is 10.3 Å². The maximum absolute atomic E-state index is 12.9. The van der Waals surface area contributed by atoms with E-state index in [-0.39, 0.29) is 10.8 Å². The van der Waals surface area contributed by atoms with Gasteiger partial charge in [0.1, 0.15) is 10.7 Å². The fraction of sp³-hybridized carbons (Fsp3) is 0.263. The summed E-state index contributed by atoms with van der Waals surface area (Å²) in [7, 11) is -3.61. The second-order valence-corrected chi connectivity index (χ2v) is 9.75. The molecule has 148 valence electrons. The second kappa shape index (κ2) is 8.52. The number of nitrogens with one attached hydrogen (secondary N) is 1. The number of aromatic nitrogens is 1. The lowest BCUT2D eigenvalue weighted by Crippen LogP contribution is -2.31. The molecule has 0 saturated heterocycles. The Kier molecular flexibility index (Phi) is 6.29. The van der Waals surface area contributed by atoms with Gasteiger partial charge in [-0.2, -0.15) is 4.31 Å². The molecule has 0 aliphatic heterocycles. The molecule has 1 amide bonds. The summed E-state index contributed by atoms with van der Waals surface area (Å²) in [5.74, 6) is -0.367. The molecule has 1 N–H and O–H groups in total. The van der Waals surface area contributed by atoms with Crippen LogP contribution >= 0.6 is 22.7 Å². The van der Waals surface area contributed by atoms with Crippen molar-refractivity contribution in [2.24, 2.45) is 0 Å². The van der Waals surface area contributed by atoms with Crippen LogP contribution in [0.5, 0.6) is 0 Å². The van der Waals surface area contributed by atoms with Gasteiger partial charge in [-0.25, -0.2) is 13.4 Å². The van der Waals surface area contributed by atoms with Crippen LogP contribution in [0.4, 0.5) is 5.69 Å². The van der Waals surface area contributed by atoms with Crippen molar-refractivity contribution < 1.29 is 13.2 Å². The van der Waals surface area contributed by atoms with Crippen LogP contribution < -0.4 is 5.32 Å². The predicted molar refractivity (Wildman–Crippen MR) is 115 cm³/mol. The predicted octanol–water partition coefficient (Wildman–Crippen LogP) is 4.46. The lowest BCUT2D eigenvalue weighted by molar-refractivity contribution is 0.102. The minimum absolute atomic E-state index is 0.201. The van der Waals surface area contributed by atoms with Crippen LogP contribution in [-0.2, 0) is 10.0 Å². The van der Waals surface area contributed by atoms with Gasteiger partial charge in [-0.05, 0) is 36.1 Å². The van der Waals surface area contributed by atoms with Gasteiger partial charge in [-0.3, -0.25) is 4.79 Å². The average molecular weight is 436 g/mol. The molecular weight excluding hydrogens is 414 g/mol. The molecule has 0 atom stereocenters. The number of hydrogen-bond donors (Lipinski definition) is 1. The minimum atomic E-state index is -3.61. The number of rotatable bonds is 7. The molecule has 0 bridgehead atoms. The topological polar surface area (TPSA) is 79.4 Å². The van der Waals surface area contributed by atoms with Gasteiger partial charge >= 0.3 is 0 Å². The Labute approximate surface area is 172 Å². The molecule has 6 nitrogen and oxygen atoms in total. The van der Waals surface area contributed by atoms with Gasteiger partial charge < -0.3 is 5.32 Å². The minimum Gasteiger partial charge on any atom is -0.321 e. The summed E-state index contributed by atoms with van der Waals surface area (Å²) in [6, 6.07) is 8.79. The second-order valence-electron chi connectivity index (χ2n) is 6.04. The van der Waals surface area contributed by atoms with Gasteiger partial charge in [0.05, 0.1) is 9.77 Å². The Bertz CT molecular complexity index is 1070. The lowest BCUT2D eigenvalue weighted by atomic mass is 10.2. The third-order valence-corrected chi connectivity index (χ3v) is 8.31. The molecule has 28 heavy (non-hydrogen) atoms. The summed E-state index contributed by atoms with van der Waals surface area (Å²) >= 11 is 2.96. The quantitative estimate of drug-likeness (QED) is 0.594. The molecule has 3 rings (SSSR count). The van der Waals surface area contributed by atoms with Crippen LogP contribution in [0.25, 0.3) is 9.88 Å². The summed E-state index contributed by atoms with van der Waals surface area (Å²) in [6.07, 6.45) is 0. The number of hydrogen-bond acceptors (Lipinski definition) is 6. The first kappa shape index (κ1) is 20.7. The van der Waals surface area contributed by atoms with Crippen LogP contribution in [0, 0.1) is 6.92 Å².